The fourth-order valence-electron chi connectivity index (χ4n) is 2.16. The van der Waals surface area contributed by atoms with Crippen LogP contribution in [0, 0.1) is 0 Å². The molecule has 2 atom stereocenters. The Morgan fingerprint density at radius 1 is 1.30 bits per heavy atom. The molecule has 0 fully saturated rings. The summed E-state index contributed by atoms with van der Waals surface area (Å²) in [7, 11) is 0. The van der Waals surface area contributed by atoms with Crippen LogP contribution >= 0.6 is 0 Å². The first-order valence-corrected chi connectivity index (χ1v) is 7.61. The van der Waals surface area contributed by atoms with Crippen molar-refractivity contribution in [2.45, 2.75) is 51.4 Å². The molecule has 130 valence electrons. The quantitative estimate of drug-likeness (QED) is 0.685. The molecule has 0 aliphatic heterocycles. The molecule has 0 heterocycles. The maximum absolute atomic E-state index is 12.9. The minimum absolute atomic E-state index is 0.0189. The van der Waals surface area contributed by atoms with Crippen molar-refractivity contribution in [3.05, 3.63) is 29.8 Å². The highest BCUT2D eigenvalue weighted by Gasteiger charge is 2.33. The van der Waals surface area contributed by atoms with Gasteiger partial charge in [-0.25, -0.2) is 0 Å². The van der Waals surface area contributed by atoms with E-state index in [0.29, 0.717) is 13.0 Å². The van der Waals surface area contributed by atoms with Crippen molar-refractivity contribution in [3.63, 3.8) is 0 Å². The summed E-state index contributed by atoms with van der Waals surface area (Å²) in [6.07, 6.45) is -3.48. The molecule has 0 spiro atoms. The van der Waals surface area contributed by atoms with Crippen LogP contribution in [-0.2, 0) is 11.0 Å². The van der Waals surface area contributed by atoms with E-state index in [1.54, 1.807) is 6.92 Å². The first kappa shape index (κ1) is 19.4. The maximum atomic E-state index is 12.9. The van der Waals surface area contributed by atoms with E-state index < -0.39 is 23.8 Å². The van der Waals surface area contributed by atoms with Crippen LogP contribution in [0.25, 0.3) is 0 Å². The average Bonchev–Trinajstić information content (AvgIpc) is 2.44. The Morgan fingerprint density at radius 2 is 1.96 bits per heavy atom. The summed E-state index contributed by atoms with van der Waals surface area (Å²) in [4.78, 5) is 11.9. The molecular formula is C16H23F3N2O2. The zero-order valence-electron chi connectivity index (χ0n) is 13.3. The van der Waals surface area contributed by atoms with Gasteiger partial charge in [-0.15, -0.1) is 0 Å². The van der Waals surface area contributed by atoms with E-state index in [-0.39, 0.29) is 18.2 Å². The summed E-state index contributed by atoms with van der Waals surface area (Å²) < 4.78 is 38.6. The van der Waals surface area contributed by atoms with Crippen LogP contribution in [0.15, 0.2) is 24.3 Å². The fourth-order valence-corrected chi connectivity index (χ4v) is 2.16. The van der Waals surface area contributed by atoms with Gasteiger partial charge in [0.15, 0.2) is 0 Å². The van der Waals surface area contributed by atoms with Crippen molar-refractivity contribution in [1.29, 1.82) is 0 Å². The largest absolute Gasteiger partial charge is 0.418 e. The van der Waals surface area contributed by atoms with Gasteiger partial charge in [0.2, 0.25) is 5.91 Å². The Bertz CT molecular complexity index is 506. The van der Waals surface area contributed by atoms with Crippen LogP contribution in [-0.4, -0.2) is 29.7 Å². The van der Waals surface area contributed by atoms with Crippen molar-refractivity contribution >= 4 is 11.6 Å². The third kappa shape index (κ3) is 7.00. The second-order valence-electron chi connectivity index (χ2n) is 5.55. The van der Waals surface area contributed by atoms with Crippen LogP contribution in [0.2, 0.25) is 0 Å². The highest BCUT2D eigenvalue weighted by Crippen LogP contribution is 2.34. The summed E-state index contributed by atoms with van der Waals surface area (Å²) in [5.41, 5.74) is -1.12. The second kappa shape index (κ2) is 8.88. The third-order valence-corrected chi connectivity index (χ3v) is 3.32. The number of amides is 1. The Balaban J connectivity index is 2.54. The van der Waals surface area contributed by atoms with Crippen molar-refractivity contribution in [2.75, 3.05) is 11.9 Å². The number of nitrogens with one attached hydrogen (secondary N) is 2. The summed E-state index contributed by atoms with van der Waals surface area (Å²) >= 11 is 0. The van der Waals surface area contributed by atoms with Crippen molar-refractivity contribution < 1.29 is 23.1 Å². The molecule has 0 aromatic heterocycles. The molecule has 7 heteroatoms. The number of aliphatic hydroxyl groups excluding tert-OH is 1. The zero-order valence-corrected chi connectivity index (χ0v) is 13.3. The number of aliphatic hydroxyl groups is 1. The molecule has 1 amide bonds. The monoisotopic (exact) mass is 332 g/mol. The van der Waals surface area contributed by atoms with E-state index in [1.807, 2.05) is 6.92 Å². The number of hydrogen-bond donors (Lipinski definition) is 3. The topological polar surface area (TPSA) is 61.4 Å². The number of halogens is 3. The second-order valence-corrected chi connectivity index (χ2v) is 5.55. The van der Waals surface area contributed by atoms with Gasteiger partial charge >= 0.3 is 6.18 Å². The molecule has 1 aromatic rings. The van der Waals surface area contributed by atoms with E-state index in [9.17, 15) is 23.1 Å². The molecule has 0 radical (unpaired) electrons. The van der Waals surface area contributed by atoms with E-state index >= 15 is 0 Å². The number of hydrogen-bond acceptors (Lipinski definition) is 3. The summed E-state index contributed by atoms with van der Waals surface area (Å²) in [5.74, 6) is -0.508. The minimum atomic E-state index is -4.52. The van der Waals surface area contributed by atoms with Crippen LogP contribution in [0.5, 0.6) is 0 Å². The van der Waals surface area contributed by atoms with Gasteiger partial charge in [0.25, 0.3) is 0 Å². The Labute approximate surface area is 134 Å². The average molecular weight is 332 g/mol. The van der Waals surface area contributed by atoms with Crippen LogP contribution < -0.4 is 10.6 Å². The maximum Gasteiger partial charge on any atom is 0.418 e. The van der Waals surface area contributed by atoms with Crippen molar-refractivity contribution in [1.82, 2.24) is 5.32 Å². The van der Waals surface area contributed by atoms with Crippen molar-refractivity contribution in [3.8, 4) is 0 Å². The number of carbonyl (C=O) groups excluding carboxylic acids is 1. The fraction of sp³-hybridized carbons (Fsp3) is 0.562. The van der Waals surface area contributed by atoms with Gasteiger partial charge in [0, 0.05) is 19.0 Å². The van der Waals surface area contributed by atoms with Crippen LogP contribution in [0.1, 0.15) is 38.7 Å². The van der Waals surface area contributed by atoms with Gasteiger partial charge in [-0.3, -0.25) is 4.79 Å². The third-order valence-electron chi connectivity index (χ3n) is 3.32. The molecule has 23 heavy (non-hydrogen) atoms. The zero-order chi connectivity index (χ0) is 17.5. The number of rotatable bonds is 8. The van der Waals surface area contributed by atoms with Crippen LogP contribution in [0.4, 0.5) is 18.9 Å². The summed E-state index contributed by atoms with van der Waals surface area (Å²) in [5, 5.41) is 14.9. The number of para-hydroxylation sites is 1. The molecule has 1 aromatic carbocycles. The normalized spacial score (nSPS) is 14.3. The highest BCUT2D eigenvalue weighted by atomic mass is 19.4. The Kier molecular flexibility index (Phi) is 7.51. The lowest BCUT2D eigenvalue weighted by Gasteiger charge is -2.18. The number of carbonyl (C=O) groups is 1. The van der Waals surface area contributed by atoms with Gasteiger partial charge in [-0.2, -0.15) is 13.2 Å². The van der Waals surface area contributed by atoms with E-state index in [1.165, 1.54) is 18.2 Å². The lowest BCUT2D eigenvalue weighted by molar-refractivity contribution is -0.137. The van der Waals surface area contributed by atoms with Gasteiger partial charge in [-0.05, 0) is 25.5 Å². The molecule has 4 nitrogen and oxygen atoms in total. The van der Waals surface area contributed by atoms with Gasteiger partial charge in [-0.1, -0.05) is 25.5 Å². The standard InChI is InChI=1S/C16H23F3N2O2/c1-3-6-12(22)10-20-11(2)9-15(23)21-14-8-5-4-7-13(14)16(17,18)19/h4-5,7-8,11-12,20,22H,3,6,9-10H2,1-2H3,(H,21,23). The Hall–Kier alpha value is -1.60. The molecule has 3 N–H and O–H groups in total. The van der Waals surface area contributed by atoms with E-state index in [0.717, 1.165) is 12.5 Å². The summed E-state index contributed by atoms with van der Waals surface area (Å²) in [6.45, 7) is 4.05. The number of alkyl halides is 3. The van der Waals surface area contributed by atoms with Gasteiger partial charge < -0.3 is 15.7 Å². The lowest BCUT2D eigenvalue weighted by Crippen LogP contribution is -2.36. The minimum Gasteiger partial charge on any atom is -0.392 e. The predicted octanol–water partition coefficient (Wildman–Crippen LogP) is 3.17. The predicted molar refractivity (Wildman–Crippen MR) is 83.1 cm³/mol. The summed E-state index contributed by atoms with van der Waals surface area (Å²) in [6, 6.07) is 4.62. The van der Waals surface area contributed by atoms with E-state index in [2.05, 4.69) is 10.6 Å². The SMILES string of the molecule is CCCC(O)CNC(C)CC(=O)Nc1ccccc1C(F)(F)F. The first-order valence-electron chi connectivity index (χ1n) is 7.61. The first-order chi connectivity index (χ1) is 10.7. The number of anilines is 1. The molecule has 0 saturated carbocycles. The van der Waals surface area contributed by atoms with Gasteiger partial charge in [0.1, 0.15) is 0 Å². The highest BCUT2D eigenvalue weighted by molar-refractivity contribution is 5.92. The molecule has 2 unspecified atom stereocenters. The molecule has 0 saturated heterocycles. The molecular weight excluding hydrogens is 309 g/mol. The molecule has 0 aliphatic rings. The van der Waals surface area contributed by atoms with E-state index in [4.69, 9.17) is 0 Å². The number of benzene rings is 1. The molecule has 0 bridgehead atoms. The Morgan fingerprint density at radius 3 is 2.57 bits per heavy atom. The van der Waals surface area contributed by atoms with Crippen molar-refractivity contribution in [2.24, 2.45) is 0 Å². The molecule has 1 rings (SSSR count). The lowest BCUT2D eigenvalue weighted by atomic mass is 10.1. The van der Waals surface area contributed by atoms with Gasteiger partial charge in [0.05, 0.1) is 17.4 Å². The molecule has 0 aliphatic carbocycles. The smallest absolute Gasteiger partial charge is 0.392 e. The van der Waals surface area contributed by atoms with Crippen LogP contribution in [0.3, 0.4) is 0 Å².